The molecule has 4 rings (SSSR count). The zero-order valence-electron chi connectivity index (χ0n) is 19.0. The average Bonchev–Trinajstić information content (AvgIpc) is 2.81. The maximum atomic E-state index is 12.8. The highest BCUT2D eigenvalue weighted by Gasteiger charge is 2.26. The maximum absolute atomic E-state index is 12.8. The van der Waals surface area contributed by atoms with Gasteiger partial charge < -0.3 is 14.7 Å². The van der Waals surface area contributed by atoms with Crippen molar-refractivity contribution in [2.45, 2.75) is 26.2 Å². The first kappa shape index (κ1) is 22.1. The molecule has 3 saturated heterocycles. The van der Waals surface area contributed by atoms with Gasteiger partial charge in [0.05, 0.1) is 13.1 Å². The topological polar surface area (TPSA) is 50.3 Å². The molecule has 0 spiro atoms. The Morgan fingerprint density at radius 2 is 1.26 bits per heavy atom. The smallest absolute Gasteiger partial charge is 0.236 e. The Balaban J connectivity index is 1.16. The van der Waals surface area contributed by atoms with Crippen LogP contribution in [-0.2, 0) is 9.59 Å². The van der Waals surface area contributed by atoms with Crippen LogP contribution in [0, 0.1) is 6.92 Å². The lowest BCUT2D eigenvalue weighted by Gasteiger charge is -2.39. The van der Waals surface area contributed by atoms with Crippen LogP contribution in [0.2, 0.25) is 0 Å². The summed E-state index contributed by atoms with van der Waals surface area (Å²) in [6.45, 7) is 11.8. The fourth-order valence-electron chi connectivity index (χ4n) is 4.87. The van der Waals surface area contributed by atoms with Crippen molar-refractivity contribution >= 4 is 17.5 Å². The molecule has 7 heteroatoms. The van der Waals surface area contributed by atoms with Crippen LogP contribution in [0.1, 0.15) is 24.8 Å². The summed E-state index contributed by atoms with van der Waals surface area (Å²) < 4.78 is 0. The third-order valence-electron chi connectivity index (χ3n) is 6.89. The average molecular weight is 428 g/mol. The van der Waals surface area contributed by atoms with E-state index in [1.54, 1.807) is 0 Å². The highest BCUT2D eigenvalue weighted by Crippen LogP contribution is 2.18. The molecule has 2 amide bonds. The molecular formula is C24H37N5O2. The number of anilines is 1. The van der Waals surface area contributed by atoms with Crippen LogP contribution in [0.3, 0.4) is 0 Å². The standard InChI is InChI=1S/C24H37N5O2/c1-21-6-5-7-22(18-21)27-14-16-29(17-15-27)24(31)20-26-12-10-25(11-13-26)19-23(30)28-8-3-2-4-9-28/h5-7,18H,2-4,8-17,19-20H2,1H3. The molecule has 3 aliphatic rings. The lowest BCUT2D eigenvalue weighted by Crippen LogP contribution is -2.54. The highest BCUT2D eigenvalue weighted by atomic mass is 16.2. The summed E-state index contributed by atoms with van der Waals surface area (Å²) in [5.74, 6) is 0.512. The fourth-order valence-corrected chi connectivity index (χ4v) is 4.87. The molecule has 0 saturated carbocycles. The molecular weight excluding hydrogens is 390 g/mol. The summed E-state index contributed by atoms with van der Waals surface area (Å²) in [6, 6.07) is 8.58. The SMILES string of the molecule is Cc1cccc(N2CCN(C(=O)CN3CCN(CC(=O)N4CCCCC4)CC3)CC2)c1. The largest absolute Gasteiger partial charge is 0.368 e. The minimum Gasteiger partial charge on any atom is -0.368 e. The number of amides is 2. The van der Waals surface area contributed by atoms with Gasteiger partial charge in [-0.05, 0) is 43.9 Å². The number of nitrogens with zero attached hydrogens (tertiary/aromatic N) is 5. The molecule has 0 atom stereocenters. The Bertz CT molecular complexity index is 748. The normalized spacial score (nSPS) is 21.4. The van der Waals surface area contributed by atoms with E-state index in [1.165, 1.54) is 17.7 Å². The molecule has 3 heterocycles. The van der Waals surface area contributed by atoms with Crippen LogP contribution in [0.4, 0.5) is 5.69 Å². The zero-order valence-corrected chi connectivity index (χ0v) is 19.0. The second-order valence-electron chi connectivity index (χ2n) is 9.20. The van der Waals surface area contributed by atoms with Crippen molar-refractivity contribution in [3.63, 3.8) is 0 Å². The van der Waals surface area contributed by atoms with Gasteiger partial charge in [-0.2, -0.15) is 0 Å². The number of likely N-dealkylation sites (tertiary alicyclic amines) is 1. The number of benzene rings is 1. The van der Waals surface area contributed by atoms with Crippen molar-refractivity contribution < 1.29 is 9.59 Å². The number of piperidine rings is 1. The summed E-state index contributed by atoms with van der Waals surface area (Å²) in [7, 11) is 0. The Labute approximate surface area is 186 Å². The molecule has 3 aliphatic heterocycles. The van der Waals surface area contributed by atoms with Gasteiger partial charge in [-0.15, -0.1) is 0 Å². The number of rotatable bonds is 5. The molecule has 0 aliphatic carbocycles. The first-order valence-corrected chi connectivity index (χ1v) is 11.9. The predicted octanol–water partition coefficient (Wildman–Crippen LogP) is 1.27. The molecule has 170 valence electrons. The van der Waals surface area contributed by atoms with Crippen molar-refractivity contribution in [1.29, 1.82) is 0 Å². The first-order valence-electron chi connectivity index (χ1n) is 11.9. The Hall–Kier alpha value is -2.12. The van der Waals surface area contributed by atoms with Crippen LogP contribution >= 0.6 is 0 Å². The fraction of sp³-hybridized carbons (Fsp3) is 0.667. The van der Waals surface area contributed by atoms with Gasteiger partial charge in [0.15, 0.2) is 0 Å². The van der Waals surface area contributed by atoms with Crippen molar-refractivity contribution in [3.8, 4) is 0 Å². The van der Waals surface area contributed by atoms with E-state index in [1.807, 2.05) is 9.80 Å². The highest BCUT2D eigenvalue weighted by molar-refractivity contribution is 5.79. The Morgan fingerprint density at radius 3 is 1.81 bits per heavy atom. The number of hydrogen-bond donors (Lipinski definition) is 0. The quantitative estimate of drug-likeness (QED) is 0.709. The number of carbonyl (C=O) groups excluding carboxylic acids is 2. The molecule has 0 aromatic heterocycles. The number of piperazine rings is 2. The van der Waals surface area contributed by atoms with Crippen LogP contribution < -0.4 is 4.90 Å². The molecule has 0 bridgehead atoms. The van der Waals surface area contributed by atoms with Gasteiger partial charge in [0.25, 0.3) is 0 Å². The van der Waals surface area contributed by atoms with E-state index in [4.69, 9.17) is 0 Å². The van der Waals surface area contributed by atoms with E-state index >= 15 is 0 Å². The summed E-state index contributed by atoms with van der Waals surface area (Å²) >= 11 is 0. The van der Waals surface area contributed by atoms with Crippen molar-refractivity contribution in [1.82, 2.24) is 19.6 Å². The van der Waals surface area contributed by atoms with E-state index in [-0.39, 0.29) is 11.8 Å². The van der Waals surface area contributed by atoms with Gasteiger partial charge in [-0.3, -0.25) is 19.4 Å². The van der Waals surface area contributed by atoms with Crippen LogP contribution in [0.25, 0.3) is 0 Å². The summed E-state index contributed by atoms with van der Waals surface area (Å²) in [5, 5.41) is 0. The van der Waals surface area contributed by atoms with E-state index in [9.17, 15) is 9.59 Å². The van der Waals surface area contributed by atoms with E-state index in [0.29, 0.717) is 13.1 Å². The summed E-state index contributed by atoms with van der Waals surface area (Å²) in [4.78, 5) is 36.2. The lowest BCUT2D eigenvalue weighted by molar-refractivity contribution is -0.135. The Kier molecular flexibility index (Phi) is 7.45. The van der Waals surface area contributed by atoms with Crippen molar-refractivity contribution in [3.05, 3.63) is 29.8 Å². The van der Waals surface area contributed by atoms with E-state index in [2.05, 4.69) is 45.9 Å². The number of hydrogen-bond acceptors (Lipinski definition) is 5. The molecule has 31 heavy (non-hydrogen) atoms. The van der Waals surface area contributed by atoms with Crippen molar-refractivity contribution in [2.75, 3.05) is 83.4 Å². The third-order valence-corrected chi connectivity index (χ3v) is 6.89. The molecule has 1 aromatic rings. The lowest BCUT2D eigenvalue weighted by atomic mass is 10.1. The van der Waals surface area contributed by atoms with Gasteiger partial charge in [0, 0.05) is 71.1 Å². The predicted molar refractivity (Wildman–Crippen MR) is 123 cm³/mol. The van der Waals surface area contributed by atoms with Crippen LogP contribution in [-0.4, -0.2) is 110 Å². The Morgan fingerprint density at radius 1 is 0.710 bits per heavy atom. The van der Waals surface area contributed by atoms with Crippen LogP contribution in [0.15, 0.2) is 24.3 Å². The zero-order chi connectivity index (χ0) is 21.6. The second kappa shape index (κ2) is 10.5. The van der Waals surface area contributed by atoms with Crippen LogP contribution in [0.5, 0.6) is 0 Å². The second-order valence-corrected chi connectivity index (χ2v) is 9.20. The van der Waals surface area contributed by atoms with E-state index in [0.717, 1.165) is 78.3 Å². The van der Waals surface area contributed by atoms with Gasteiger partial charge >= 0.3 is 0 Å². The van der Waals surface area contributed by atoms with Gasteiger partial charge in [-0.1, -0.05) is 12.1 Å². The minimum atomic E-state index is 0.238. The van der Waals surface area contributed by atoms with Gasteiger partial charge in [0.2, 0.25) is 11.8 Å². The monoisotopic (exact) mass is 427 g/mol. The molecule has 0 radical (unpaired) electrons. The molecule has 0 N–H and O–H groups in total. The first-order chi connectivity index (χ1) is 15.1. The molecule has 7 nitrogen and oxygen atoms in total. The molecule has 0 unspecified atom stereocenters. The van der Waals surface area contributed by atoms with Crippen molar-refractivity contribution in [2.24, 2.45) is 0 Å². The number of carbonyl (C=O) groups is 2. The maximum Gasteiger partial charge on any atom is 0.236 e. The summed E-state index contributed by atoms with van der Waals surface area (Å²) in [6.07, 6.45) is 3.53. The third kappa shape index (κ3) is 5.98. The van der Waals surface area contributed by atoms with Gasteiger partial charge in [0.1, 0.15) is 0 Å². The number of aryl methyl sites for hydroxylation is 1. The summed E-state index contributed by atoms with van der Waals surface area (Å²) in [5.41, 5.74) is 2.52. The molecule has 3 fully saturated rings. The molecule has 1 aromatic carbocycles. The van der Waals surface area contributed by atoms with E-state index < -0.39 is 0 Å². The minimum absolute atomic E-state index is 0.238. The van der Waals surface area contributed by atoms with Gasteiger partial charge in [-0.25, -0.2) is 0 Å².